The number of benzene rings is 1. The normalized spacial score (nSPS) is 29.6. The third-order valence-corrected chi connectivity index (χ3v) is 8.83. The van der Waals surface area contributed by atoms with Gasteiger partial charge in [0.25, 0.3) is 5.91 Å². The molecule has 1 aromatic carbocycles. The van der Waals surface area contributed by atoms with Gasteiger partial charge >= 0.3 is 5.97 Å². The van der Waals surface area contributed by atoms with E-state index in [9.17, 15) is 19.5 Å². The molecule has 212 valence electrons. The van der Waals surface area contributed by atoms with Crippen molar-refractivity contribution in [3.8, 4) is 5.75 Å². The van der Waals surface area contributed by atoms with E-state index in [0.29, 0.717) is 24.3 Å². The standard InChI is InChI=1S/C29H37BrN2O7/c1-5-7-8-9-15-38-28(36)22-23-26(34)32(18(3)17-33)25(29(23)16-21(30)24(22)39-29)27(35)31(14-6-2)19-10-12-20(37-4)13-11-19/h5-6,10-13,18,21-25,33H,1-2,7-9,14-17H2,3-4H3/t18-,21?,22-,23+,24-,25?,29?/m1/s1. The third-order valence-electron chi connectivity index (χ3n) is 7.98. The quantitative estimate of drug-likeness (QED) is 0.159. The fraction of sp³-hybridized carbons (Fsp3) is 0.552. The number of rotatable bonds is 13. The molecule has 2 bridgehead atoms. The average Bonchev–Trinajstić information content (AvgIpc) is 3.54. The van der Waals surface area contributed by atoms with Gasteiger partial charge in [-0.3, -0.25) is 14.4 Å². The Morgan fingerprint density at radius 2 is 2.00 bits per heavy atom. The summed E-state index contributed by atoms with van der Waals surface area (Å²) in [7, 11) is 1.56. The van der Waals surface area contributed by atoms with Crippen LogP contribution in [0.15, 0.2) is 49.6 Å². The largest absolute Gasteiger partial charge is 0.497 e. The van der Waals surface area contributed by atoms with Gasteiger partial charge in [-0.25, -0.2) is 0 Å². The van der Waals surface area contributed by atoms with Gasteiger partial charge in [-0.2, -0.15) is 0 Å². The fourth-order valence-electron chi connectivity index (χ4n) is 6.20. The lowest BCUT2D eigenvalue weighted by Gasteiger charge is -2.38. The molecule has 1 aromatic rings. The predicted octanol–water partition coefficient (Wildman–Crippen LogP) is 3.24. The summed E-state index contributed by atoms with van der Waals surface area (Å²) in [6.45, 7) is 9.29. The van der Waals surface area contributed by atoms with Crippen LogP contribution in [0.3, 0.4) is 0 Å². The lowest BCUT2D eigenvalue weighted by Crippen LogP contribution is -2.58. The van der Waals surface area contributed by atoms with Crippen molar-refractivity contribution in [1.29, 1.82) is 0 Å². The monoisotopic (exact) mass is 604 g/mol. The van der Waals surface area contributed by atoms with Crippen molar-refractivity contribution in [3.05, 3.63) is 49.6 Å². The van der Waals surface area contributed by atoms with Crippen molar-refractivity contribution in [2.24, 2.45) is 11.8 Å². The molecule has 3 aliphatic rings. The molecular weight excluding hydrogens is 568 g/mol. The number of carbonyl (C=O) groups is 3. The van der Waals surface area contributed by atoms with Crippen molar-refractivity contribution in [3.63, 3.8) is 0 Å². The summed E-state index contributed by atoms with van der Waals surface area (Å²) in [5.74, 6) is -2.34. The summed E-state index contributed by atoms with van der Waals surface area (Å²) >= 11 is 3.66. The molecule has 3 unspecified atom stereocenters. The number of carbonyl (C=O) groups excluding carboxylic acids is 3. The first kappa shape index (κ1) is 29.3. The zero-order chi connectivity index (χ0) is 28.3. The Bertz CT molecular complexity index is 1100. The number of likely N-dealkylation sites (tertiary alicyclic amines) is 1. The molecule has 0 radical (unpaired) electrons. The van der Waals surface area contributed by atoms with Crippen molar-refractivity contribution in [1.82, 2.24) is 4.90 Å². The number of amides is 2. The Kier molecular flexibility index (Phi) is 9.18. The number of esters is 1. The molecular formula is C29H37BrN2O7. The van der Waals surface area contributed by atoms with Crippen LogP contribution in [0.4, 0.5) is 5.69 Å². The second-order valence-corrected chi connectivity index (χ2v) is 11.5. The highest BCUT2D eigenvalue weighted by Crippen LogP contribution is 2.60. The lowest BCUT2D eigenvalue weighted by molar-refractivity contribution is -0.155. The molecule has 0 aromatic heterocycles. The molecule has 0 aliphatic carbocycles. The van der Waals surface area contributed by atoms with Gasteiger partial charge < -0.3 is 29.1 Å². The maximum Gasteiger partial charge on any atom is 0.312 e. The van der Waals surface area contributed by atoms with Crippen LogP contribution in [0.25, 0.3) is 0 Å². The van der Waals surface area contributed by atoms with Gasteiger partial charge in [0.15, 0.2) is 0 Å². The van der Waals surface area contributed by atoms with Gasteiger partial charge in [-0.15, -0.1) is 13.2 Å². The molecule has 4 rings (SSSR count). The minimum Gasteiger partial charge on any atom is -0.497 e. The first-order valence-electron chi connectivity index (χ1n) is 13.3. The van der Waals surface area contributed by atoms with E-state index >= 15 is 0 Å². The van der Waals surface area contributed by atoms with Crippen LogP contribution >= 0.6 is 15.9 Å². The van der Waals surface area contributed by atoms with Gasteiger partial charge in [0, 0.05) is 17.1 Å². The number of hydrogen-bond donors (Lipinski definition) is 1. The minimum atomic E-state index is -1.24. The van der Waals surface area contributed by atoms with E-state index in [1.165, 1.54) is 4.90 Å². The Hall–Kier alpha value is -2.69. The van der Waals surface area contributed by atoms with Crippen molar-refractivity contribution in [2.75, 3.05) is 31.8 Å². The summed E-state index contributed by atoms with van der Waals surface area (Å²) < 4.78 is 17.4. The van der Waals surface area contributed by atoms with E-state index in [-0.39, 0.29) is 36.4 Å². The SMILES string of the molecule is C=CCCCCOC(=O)[C@H]1[C@@H]2OC3(CC2Br)C(C(=O)N(CC=C)c2ccc(OC)cc2)N([C@H](C)CO)C(=O)[C@H]13. The molecule has 1 N–H and O–H groups in total. The van der Waals surface area contributed by atoms with Crippen LogP contribution in [0.1, 0.15) is 32.6 Å². The van der Waals surface area contributed by atoms with Gasteiger partial charge in [-0.05, 0) is 56.9 Å². The maximum atomic E-state index is 14.4. The number of aliphatic hydroxyl groups excluding tert-OH is 1. The number of anilines is 1. The van der Waals surface area contributed by atoms with E-state index < -0.39 is 41.6 Å². The van der Waals surface area contributed by atoms with Crippen LogP contribution in [0, 0.1) is 11.8 Å². The molecule has 3 heterocycles. The molecule has 7 atom stereocenters. The number of nitrogens with zero attached hydrogens (tertiary/aromatic N) is 2. The molecule has 1 spiro atoms. The number of aliphatic hydroxyl groups is 1. The van der Waals surface area contributed by atoms with Crippen LogP contribution < -0.4 is 9.64 Å². The highest BCUT2D eigenvalue weighted by atomic mass is 79.9. The number of methoxy groups -OCH3 is 1. The second kappa shape index (κ2) is 12.2. The summed E-state index contributed by atoms with van der Waals surface area (Å²) in [6.07, 6.45) is 5.55. The summed E-state index contributed by atoms with van der Waals surface area (Å²) in [5, 5.41) is 10.1. The molecule has 3 fully saturated rings. The molecule has 2 amide bonds. The van der Waals surface area contributed by atoms with E-state index in [0.717, 1.165) is 12.8 Å². The Labute approximate surface area is 237 Å². The van der Waals surface area contributed by atoms with Gasteiger partial charge in [0.05, 0.1) is 44.3 Å². The number of allylic oxidation sites excluding steroid dienone is 1. The van der Waals surface area contributed by atoms with Gasteiger partial charge in [0.1, 0.15) is 17.4 Å². The van der Waals surface area contributed by atoms with Gasteiger partial charge in [-0.1, -0.05) is 28.1 Å². The van der Waals surface area contributed by atoms with Crippen LogP contribution in [0.2, 0.25) is 0 Å². The smallest absolute Gasteiger partial charge is 0.312 e. The number of unbranched alkanes of at least 4 members (excludes halogenated alkanes) is 2. The second-order valence-electron chi connectivity index (χ2n) is 10.3. The Morgan fingerprint density at radius 3 is 2.62 bits per heavy atom. The predicted molar refractivity (Wildman–Crippen MR) is 150 cm³/mol. The number of hydrogen-bond acceptors (Lipinski definition) is 7. The summed E-state index contributed by atoms with van der Waals surface area (Å²) in [6, 6.07) is 5.31. The van der Waals surface area contributed by atoms with Gasteiger partial charge in [0.2, 0.25) is 5.91 Å². The van der Waals surface area contributed by atoms with Crippen LogP contribution in [-0.2, 0) is 23.9 Å². The minimum absolute atomic E-state index is 0.190. The number of fused-ring (bicyclic) bond motifs is 1. The van der Waals surface area contributed by atoms with E-state index in [2.05, 4.69) is 29.1 Å². The van der Waals surface area contributed by atoms with E-state index in [4.69, 9.17) is 14.2 Å². The Balaban J connectivity index is 1.69. The highest BCUT2D eigenvalue weighted by molar-refractivity contribution is 9.09. The zero-order valence-electron chi connectivity index (χ0n) is 22.5. The van der Waals surface area contributed by atoms with Crippen molar-refractivity contribution in [2.45, 2.75) is 61.2 Å². The lowest BCUT2D eigenvalue weighted by atomic mass is 9.70. The molecule has 9 nitrogen and oxygen atoms in total. The topological polar surface area (TPSA) is 106 Å². The molecule has 0 saturated carbocycles. The molecule has 39 heavy (non-hydrogen) atoms. The summed E-state index contributed by atoms with van der Waals surface area (Å²) in [5.41, 5.74) is -0.641. The van der Waals surface area contributed by atoms with Crippen molar-refractivity contribution < 1.29 is 33.7 Å². The number of halogens is 1. The highest BCUT2D eigenvalue weighted by Gasteiger charge is 2.77. The number of alkyl halides is 1. The molecule has 3 saturated heterocycles. The fourth-order valence-corrected chi connectivity index (χ4v) is 7.14. The van der Waals surface area contributed by atoms with E-state index in [1.54, 1.807) is 49.3 Å². The first-order chi connectivity index (χ1) is 18.7. The average molecular weight is 606 g/mol. The van der Waals surface area contributed by atoms with Crippen LogP contribution in [0.5, 0.6) is 5.75 Å². The van der Waals surface area contributed by atoms with Crippen LogP contribution in [-0.4, -0.2) is 83.3 Å². The third kappa shape index (κ3) is 5.14. The molecule has 10 heteroatoms. The summed E-state index contributed by atoms with van der Waals surface area (Å²) in [4.78, 5) is 44.5. The van der Waals surface area contributed by atoms with Crippen molar-refractivity contribution >= 4 is 39.4 Å². The zero-order valence-corrected chi connectivity index (χ0v) is 24.0. The molecule has 3 aliphatic heterocycles. The number of ether oxygens (including phenoxy) is 3. The van der Waals surface area contributed by atoms with E-state index in [1.807, 2.05) is 6.08 Å². The Morgan fingerprint density at radius 1 is 1.28 bits per heavy atom. The first-order valence-corrected chi connectivity index (χ1v) is 14.3. The maximum absolute atomic E-state index is 14.4.